The summed E-state index contributed by atoms with van der Waals surface area (Å²) in [5, 5.41) is 0. The Morgan fingerprint density at radius 3 is 2.03 bits per heavy atom. The minimum Gasteiger partial charge on any atom is -0.490 e. The molecule has 0 unspecified atom stereocenters. The van der Waals surface area contributed by atoms with Crippen molar-refractivity contribution in [3.05, 3.63) is 42.2 Å². The van der Waals surface area contributed by atoms with Gasteiger partial charge in [0, 0.05) is 5.56 Å². The largest absolute Gasteiger partial charge is 0.490 e. The Bertz CT molecular complexity index is 733. The van der Waals surface area contributed by atoms with Crippen molar-refractivity contribution in [3.63, 3.8) is 0 Å². The summed E-state index contributed by atoms with van der Waals surface area (Å²) in [5.41, 5.74) is 2.52. The summed E-state index contributed by atoms with van der Waals surface area (Å²) < 4.78 is 5.76. The molecule has 1 aromatic heterocycles. The average Bonchev–Trinajstić information content (AvgIpc) is 2.84. The van der Waals surface area contributed by atoms with Crippen LogP contribution in [0.25, 0.3) is 11.4 Å². The molecule has 32 heavy (non-hydrogen) atoms. The number of hydrogen-bond acceptors (Lipinski definition) is 3. The molecule has 3 rings (SSSR count). The lowest BCUT2D eigenvalue weighted by atomic mass is 9.78. The standard InChI is InChI=1S/C29H44N2O/c1-3-5-7-9-21-32-28-22-30-29(31-23-28)27-19-17-26(18-20-27)16-15-25-13-11-24(12-14-25)10-8-6-4-2/h17-20,22-25H,3-16,21H2,1-2H3. The van der Waals surface area contributed by atoms with Crippen molar-refractivity contribution in [1.82, 2.24) is 9.97 Å². The van der Waals surface area contributed by atoms with Gasteiger partial charge in [0.2, 0.25) is 0 Å². The summed E-state index contributed by atoms with van der Waals surface area (Å²) in [6.07, 6.45) is 22.4. The van der Waals surface area contributed by atoms with E-state index in [4.69, 9.17) is 4.74 Å². The maximum absolute atomic E-state index is 5.76. The van der Waals surface area contributed by atoms with Crippen LogP contribution in [-0.2, 0) is 6.42 Å². The van der Waals surface area contributed by atoms with Crippen LogP contribution in [0.1, 0.15) is 103 Å². The molecule has 0 N–H and O–H groups in total. The fourth-order valence-corrected chi connectivity index (χ4v) is 4.94. The Balaban J connectivity index is 1.38. The van der Waals surface area contributed by atoms with Crippen LogP contribution in [-0.4, -0.2) is 16.6 Å². The molecule has 0 saturated heterocycles. The molecular weight excluding hydrogens is 392 g/mol. The molecule has 0 amide bonds. The second kappa shape index (κ2) is 14.3. The Kier molecular flexibility index (Phi) is 11.0. The summed E-state index contributed by atoms with van der Waals surface area (Å²) >= 11 is 0. The zero-order chi connectivity index (χ0) is 22.4. The first-order valence-corrected chi connectivity index (χ1v) is 13.3. The van der Waals surface area contributed by atoms with Crippen molar-refractivity contribution < 1.29 is 4.74 Å². The third-order valence-corrected chi connectivity index (χ3v) is 7.13. The second-order valence-electron chi connectivity index (χ2n) is 9.77. The number of ether oxygens (including phenoxy) is 1. The van der Waals surface area contributed by atoms with E-state index < -0.39 is 0 Å². The van der Waals surface area contributed by atoms with Gasteiger partial charge < -0.3 is 4.74 Å². The van der Waals surface area contributed by atoms with Crippen molar-refractivity contribution in [2.75, 3.05) is 6.61 Å². The average molecular weight is 437 g/mol. The first-order chi connectivity index (χ1) is 15.8. The lowest BCUT2D eigenvalue weighted by molar-refractivity contribution is 0.249. The number of rotatable bonds is 14. The Morgan fingerprint density at radius 1 is 0.750 bits per heavy atom. The quantitative estimate of drug-likeness (QED) is 0.279. The van der Waals surface area contributed by atoms with E-state index in [1.54, 1.807) is 12.4 Å². The molecule has 0 bridgehead atoms. The molecule has 1 heterocycles. The van der Waals surface area contributed by atoms with Crippen LogP contribution >= 0.6 is 0 Å². The number of unbranched alkanes of at least 4 members (excludes halogenated alkanes) is 5. The first kappa shape index (κ1) is 24.7. The zero-order valence-electron chi connectivity index (χ0n) is 20.5. The molecule has 1 saturated carbocycles. The van der Waals surface area contributed by atoms with Crippen LogP contribution in [0, 0.1) is 11.8 Å². The molecule has 1 aliphatic carbocycles. The number of aromatic nitrogens is 2. The van der Waals surface area contributed by atoms with Gasteiger partial charge in [-0.15, -0.1) is 0 Å². The monoisotopic (exact) mass is 436 g/mol. The minimum atomic E-state index is 0.748. The fraction of sp³-hybridized carbons (Fsp3) is 0.655. The molecule has 176 valence electrons. The van der Waals surface area contributed by atoms with Crippen LogP contribution < -0.4 is 4.74 Å². The molecule has 1 fully saturated rings. The van der Waals surface area contributed by atoms with Gasteiger partial charge in [-0.25, -0.2) is 9.97 Å². The third kappa shape index (κ3) is 8.56. The van der Waals surface area contributed by atoms with Crippen molar-refractivity contribution in [1.29, 1.82) is 0 Å². The normalized spacial score (nSPS) is 18.6. The third-order valence-electron chi connectivity index (χ3n) is 7.13. The lowest BCUT2D eigenvalue weighted by Gasteiger charge is -2.28. The molecule has 1 aromatic carbocycles. The molecule has 0 radical (unpaired) electrons. The van der Waals surface area contributed by atoms with Crippen LogP contribution in [0.5, 0.6) is 5.75 Å². The van der Waals surface area contributed by atoms with Gasteiger partial charge in [0.25, 0.3) is 0 Å². The fourth-order valence-electron chi connectivity index (χ4n) is 4.94. The summed E-state index contributed by atoms with van der Waals surface area (Å²) in [5.74, 6) is 3.48. The number of hydrogen-bond donors (Lipinski definition) is 0. The second-order valence-corrected chi connectivity index (χ2v) is 9.77. The molecule has 3 heteroatoms. The molecule has 1 aliphatic rings. The molecule has 0 spiro atoms. The van der Waals surface area contributed by atoms with E-state index in [0.717, 1.165) is 42.0 Å². The van der Waals surface area contributed by atoms with Gasteiger partial charge >= 0.3 is 0 Å². The number of aryl methyl sites for hydroxylation is 1. The van der Waals surface area contributed by atoms with E-state index in [9.17, 15) is 0 Å². The molecular formula is C29H44N2O. The summed E-state index contributed by atoms with van der Waals surface area (Å²) in [6, 6.07) is 8.85. The van der Waals surface area contributed by atoms with Crippen molar-refractivity contribution >= 4 is 0 Å². The number of benzene rings is 1. The van der Waals surface area contributed by atoms with Gasteiger partial charge in [-0.3, -0.25) is 0 Å². The van der Waals surface area contributed by atoms with Crippen LogP contribution in [0.15, 0.2) is 36.7 Å². The van der Waals surface area contributed by atoms with Gasteiger partial charge in [-0.1, -0.05) is 109 Å². The van der Waals surface area contributed by atoms with Crippen LogP contribution in [0.2, 0.25) is 0 Å². The highest BCUT2D eigenvalue weighted by molar-refractivity contribution is 5.55. The summed E-state index contributed by atoms with van der Waals surface area (Å²) in [7, 11) is 0. The maximum atomic E-state index is 5.76. The van der Waals surface area contributed by atoms with Gasteiger partial charge in [0.15, 0.2) is 11.6 Å². The smallest absolute Gasteiger partial charge is 0.159 e. The Labute approximate surface area is 196 Å². The number of nitrogens with zero attached hydrogens (tertiary/aromatic N) is 2. The first-order valence-electron chi connectivity index (χ1n) is 13.3. The molecule has 0 atom stereocenters. The molecule has 0 aliphatic heterocycles. The maximum Gasteiger partial charge on any atom is 0.159 e. The van der Waals surface area contributed by atoms with E-state index in [1.807, 2.05) is 0 Å². The lowest BCUT2D eigenvalue weighted by Crippen LogP contribution is -2.15. The van der Waals surface area contributed by atoms with Crippen molar-refractivity contribution in [2.24, 2.45) is 11.8 Å². The Morgan fingerprint density at radius 2 is 1.38 bits per heavy atom. The highest BCUT2D eigenvalue weighted by Gasteiger charge is 2.20. The minimum absolute atomic E-state index is 0.748. The Hall–Kier alpha value is -1.90. The van der Waals surface area contributed by atoms with E-state index in [-0.39, 0.29) is 0 Å². The zero-order valence-corrected chi connectivity index (χ0v) is 20.5. The van der Waals surface area contributed by atoms with Gasteiger partial charge in [-0.05, 0) is 36.7 Å². The van der Waals surface area contributed by atoms with Crippen LogP contribution in [0.3, 0.4) is 0 Å². The van der Waals surface area contributed by atoms with E-state index in [1.165, 1.54) is 89.0 Å². The van der Waals surface area contributed by atoms with Crippen molar-refractivity contribution in [2.45, 2.75) is 104 Å². The van der Waals surface area contributed by atoms with Gasteiger partial charge in [-0.2, -0.15) is 0 Å². The highest BCUT2D eigenvalue weighted by atomic mass is 16.5. The SMILES string of the molecule is CCCCCCOc1cnc(-c2ccc(CCC3CCC(CCCCC)CC3)cc2)nc1. The predicted molar refractivity (Wildman–Crippen MR) is 135 cm³/mol. The summed E-state index contributed by atoms with van der Waals surface area (Å²) in [6.45, 7) is 5.27. The molecule has 3 nitrogen and oxygen atoms in total. The van der Waals surface area contributed by atoms with Gasteiger partial charge in [0.05, 0.1) is 19.0 Å². The highest BCUT2D eigenvalue weighted by Crippen LogP contribution is 2.34. The van der Waals surface area contributed by atoms with Gasteiger partial charge in [0.1, 0.15) is 0 Å². The van der Waals surface area contributed by atoms with Crippen molar-refractivity contribution in [3.8, 4) is 17.1 Å². The summed E-state index contributed by atoms with van der Waals surface area (Å²) in [4.78, 5) is 9.02. The molecule has 2 aromatic rings. The van der Waals surface area contributed by atoms with Crippen LogP contribution in [0.4, 0.5) is 0 Å². The van der Waals surface area contributed by atoms with E-state index in [0.29, 0.717) is 0 Å². The van der Waals surface area contributed by atoms with E-state index in [2.05, 4.69) is 48.1 Å². The predicted octanol–water partition coefficient (Wildman–Crippen LogP) is 8.42. The topological polar surface area (TPSA) is 35.0 Å². The van der Waals surface area contributed by atoms with E-state index >= 15 is 0 Å².